The fourth-order valence-electron chi connectivity index (χ4n) is 5.79. The summed E-state index contributed by atoms with van der Waals surface area (Å²) in [6.45, 7) is 1.70. The van der Waals surface area contributed by atoms with Crippen molar-refractivity contribution in [1.29, 1.82) is 0 Å². The number of carbonyl (C=O) groups excluding carboxylic acids is 3. The van der Waals surface area contributed by atoms with Crippen LogP contribution in [0.2, 0.25) is 5.02 Å². The van der Waals surface area contributed by atoms with Gasteiger partial charge in [-0.2, -0.15) is 0 Å². The summed E-state index contributed by atoms with van der Waals surface area (Å²) in [5.74, 6) is -2.80. The van der Waals surface area contributed by atoms with Gasteiger partial charge in [-0.3, -0.25) is 19.2 Å². The van der Waals surface area contributed by atoms with Gasteiger partial charge in [0.25, 0.3) is 0 Å². The molecule has 1 amide bonds. The highest BCUT2D eigenvalue weighted by Crippen LogP contribution is 2.55. The van der Waals surface area contributed by atoms with Crippen molar-refractivity contribution in [2.75, 3.05) is 14.2 Å². The third kappa shape index (κ3) is 3.11. The Hall–Kier alpha value is -4.11. The number of benzene rings is 2. The lowest BCUT2D eigenvalue weighted by Gasteiger charge is -2.41. The van der Waals surface area contributed by atoms with E-state index in [4.69, 9.17) is 30.2 Å². The Morgan fingerprint density at radius 1 is 1.03 bits per heavy atom. The zero-order chi connectivity index (χ0) is 26.9. The fraction of sp³-hybridized carbons (Fsp3) is 0.286. The molecule has 1 aliphatic carbocycles. The predicted octanol–water partition coefficient (Wildman–Crippen LogP) is 3.94. The van der Waals surface area contributed by atoms with Crippen LogP contribution < -0.4 is 25.0 Å². The molecule has 3 aliphatic rings. The number of allylic oxidation sites excluding steroid dienone is 1. The van der Waals surface area contributed by atoms with E-state index >= 15 is 0 Å². The van der Waals surface area contributed by atoms with Gasteiger partial charge in [-0.1, -0.05) is 30.7 Å². The Balaban J connectivity index is 1.53. The zero-order valence-corrected chi connectivity index (χ0v) is 21.4. The Kier molecular flexibility index (Phi) is 5.39. The number of methoxy groups -OCH3 is 2. The largest absolute Gasteiger partial charge is 0.496 e. The highest BCUT2D eigenvalue weighted by Gasteiger charge is 2.63. The number of fused-ring (bicyclic) bond motifs is 2. The molecule has 0 saturated carbocycles. The number of amides is 1. The molecule has 38 heavy (non-hydrogen) atoms. The fourth-order valence-corrected chi connectivity index (χ4v) is 6.05. The minimum absolute atomic E-state index is 0.00118. The molecule has 9 nitrogen and oxygen atoms in total. The van der Waals surface area contributed by atoms with Crippen molar-refractivity contribution in [2.24, 2.45) is 5.92 Å². The maximum Gasteiger partial charge on any atom is 0.236 e. The van der Waals surface area contributed by atoms with Crippen molar-refractivity contribution in [3.8, 4) is 17.2 Å². The van der Waals surface area contributed by atoms with Crippen molar-refractivity contribution in [3.05, 3.63) is 74.2 Å². The topological polar surface area (TPSA) is 121 Å². The summed E-state index contributed by atoms with van der Waals surface area (Å²) in [4.78, 5) is 54.6. The van der Waals surface area contributed by atoms with Crippen LogP contribution >= 0.6 is 11.6 Å². The van der Waals surface area contributed by atoms with Gasteiger partial charge in [0.05, 0.1) is 25.9 Å². The molecular formula is C28H22ClNO8. The van der Waals surface area contributed by atoms with Gasteiger partial charge in [-0.25, -0.2) is 0 Å². The summed E-state index contributed by atoms with van der Waals surface area (Å²) in [5, 5.41) is 3.15. The van der Waals surface area contributed by atoms with Crippen molar-refractivity contribution < 1.29 is 33.0 Å². The number of ketones is 2. The standard InChI is InChI=1S/C28H22ClNO8/c1-12-8-16-21(14(9-20(31)30-16)15-11-37-17-7-5-4-6-13(17)24(15)32)26(33)28(12)27(34)22-18(35-2)10-19(36-3)23(29)25(22)38-28/h4-7,10-12,14H,8-9H2,1-3H3,(H,30,31)/t12-,14-,28+/m1/s1. The number of hydrogen-bond donors (Lipinski definition) is 1. The van der Waals surface area contributed by atoms with Crippen molar-refractivity contribution >= 4 is 40.0 Å². The Morgan fingerprint density at radius 2 is 1.76 bits per heavy atom. The van der Waals surface area contributed by atoms with E-state index in [1.807, 2.05) is 0 Å². The molecule has 3 heterocycles. The van der Waals surface area contributed by atoms with Crippen LogP contribution in [0.5, 0.6) is 17.2 Å². The molecule has 3 atom stereocenters. The van der Waals surface area contributed by atoms with Crippen LogP contribution in [0, 0.1) is 5.92 Å². The van der Waals surface area contributed by atoms with E-state index in [0.29, 0.717) is 16.7 Å². The molecule has 0 fully saturated rings. The number of halogens is 1. The minimum atomic E-state index is -1.96. The molecule has 0 unspecified atom stereocenters. The molecule has 194 valence electrons. The normalized spacial score (nSPS) is 24.3. The monoisotopic (exact) mass is 535 g/mol. The molecule has 0 saturated heterocycles. The number of hydrogen-bond acceptors (Lipinski definition) is 8. The Labute approximate surface area is 221 Å². The van der Waals surface area contributed by atoms with Gasteiger partial charge in [0.15, 0.2) is 11.2 Å². The molecule has 1 N–H and O–H groups in total. The first-order valence-corrected chi connectivity index (χ1v) is 12.4. The van der Waals surface area contributed by atoms with Crippen LogP contribution in [0.3, 0.4) is 0 Å². The number of rotatable bonds is 3. The molecule has 0 radical (unpaired) electrons. The van der Waals surface area contributed by atoms with E-state index in [-0.39, 0.29) is 63.1 Å². The number of Topliss-reactive ketones (excluding diaryl/α,β-unsaturated/α-hetero) is 2. The van der Waals surface area contributed by atoms with E-state index < -0.39 is 29.0 Å². The van der Waals surface area contributed by atoms with Crippen LogP contribution in [-0.2, 0) is 9.59 Å². The lowest BCUT2D eigenvalue weighted by atomic mass is 9.66. The molecule has 1 spiro atoms. The molecule has 1 aromatic heterocycles. The Morgan fingerprint density at radius 3 is 2.50 bits per heavy atom. The maximum absolute atomic E-state index is 14.4. The van der Waals surface area contributed by atoms with Crippen molar-refractivity contribution in [3.63, 3.8) is 0 Å². The SMILES string of the molecule is COc1cc(OC)c2c(c1Cl)O[C@@]1(C(=O)C3=C(C[C@H]1C)NC(=O)C[C@@H]3c1coc3ccccc3c1=O)C2=O. The zero-order valence-electron chi connectivity index (χ0n) is 20.7. The van der Waals surface area contributed by atoms with Crippen LogP contribution in [-0.4, -0.2) is 37.3 Å². The summed E-state index contributed by atoms with van der Waals surface area (Å²) in [6, 6.07) is 8.20. The molecule has 2 aliphatic heterocycles. The highest BCUT2D eigenvalue weighted by atomic mass is 35.5. The highest BCUT2D eigenvalue weighted by molar-refractivity contribution is 6.36. The van der Waals surface area contributed by atoms with Gasteiger partial charge in [0, 0.05) is 41.2 Å². The van der Waals surface area contributed by atoms with E-state index in [1.165, 1.54) is 26.5 Å². The summed E-state index contributed by atoms with van der Waals surface area (Å²) < 4.78 is 22.6. The molecule has 0 bridgehead atoms. The number of para-hydroxylation sites is 1. The second kappa shape index (κ2) is 8.46. The first-order valence-electron chi connectivity index (χ1n) is 12.0. The van der Waals surface area contributed by atoms with E-state index in [9.17, 15) is 19.2 Å². The van der Waals surface area contributed by atoms with Gasteiger partial charge >= 0.3 is 0 Å². The van der Waals surface area contributed by atoms with Crippen LogP contribution in [0.1, 0.15) is 41.6 Å². The minimum Gasteiger partial charge on any atom is -0.496 e. The first kappa shape index (κ1) is 24.2. The second-order valence-corrected chi connectivity index (χ2v) is 9.99. The number of carbonyl (C=O) groups is 3. The first-order chi connectivity index (χ1) is 18.2. The second-order valence-electron chi connectivity index (χ2n) is 9.61. The molecule has 3 aromatic rings. The summed E-state index contributed by atoms with van der Waals surface area (Å²) >= 11 is 6.51. The van der Waals surface area contributed by atoms with Gasteiger partial charge in [-0.05, 0) is 18.6 Å². The van der Waals surface area contributed by atoms with Gasteiger partial charge < -0.3 is 23.9 Å². The maximum atomic E-state index is 14.4. The summed E-state index contributed by atoms with van der Waals surface area (Å²) in [7, 11) is 2.80. The molecule has 6 rings (SSSR count). The van der Waals surface area contributed by atoms with Crippen LogP contribution in [0.4, 0.5) is 0 Å². The van der Waals surface area contributed by atoms with Gasteiger partial charge in [-0.15, -0.1) is 0 Å². The van der Waals surface area contributed by atoms with E-state index in [2.05, 4.69) is 5.32 Å². The smallest absolute Gasteiger partial charge is 0.236 e. The van der Waals surface area contributed by atoms with E-state index in [1.54, 1.807) is 31.2 Å². The number of ether oxygens (including phenoxy) is 3. The van der Waals surface area contributed by atoms with Crippen LogP contribution in [0.25, 0.3) is 11.0 Å². The summed E-state index contributed by atoms with van der Waals surface area (Å²) in [5.41, 5.74) is -1.21. The lowest BCUT2D eigenvalue weighted by molar-refractivity contribution is -0.131. The predicted molar refractivity (Wildman–Crippen MR) is 136 cm³/mol. The lowest BCUT2D eigenvalue weighted by Crippen LogP contribution is -2.59. The number of nitrogens with one attached hydrogen (secondary N) is 1. The Bertz CT molecular complexity index is 1670. The average Bonchev–Trinajstić information content (AvgIpc) is 3.22. The van der Waals surface area contributed by atoms with E-state index in [0.717, 1.165) is 0 Å². The van der Waals surface area contributed by atoms with Crippen molar-refractivity contribution in [2.45, 2.75) is 31.3 Å². The quantitative estimate of drug-likeness (QED) is 0.500. The van der Waals surface area contributed by atoms with Gasteiger partial charge in [0.2, 0.25) is 23.1 Å². The van der Waals surface area contributed by atoms with Gasteiger partial charge in [0.1, 0.15) is 27.7 Å². The molecule has 10 heteroatoms. The third-order valence-corrected chi connectivity index (χ3v) is 8.00. The molecule has 2 aromatic carbocycles. The third-order valence-electron chi connectivity index (χ3n) is 7.64. The van der Waals surface area contributed by atoms with Crippen molar-refractivity contribution in [1.82, 2.24) is 5.32 Å². The summed E-state index contributed by atoms with van der Waals surface area (Å²) in [6.07, 6.45) is 1.27. The molecular weight excluding hydrogens is 514 g/mol. The van der Waals surface area contributed by atoms with Crippen LogP contribution in [0.15, 0.2) is 57.1 Å². The average molecular weight is 536 g/mol.